The summed E-state index contributed by atoms with van der Waals surface area (Å²) in [5.74, 6) is 0. The van der Waals surface area contributed by atoms with Crippen LogP contribution in [0.1, 0.15) is 27.7 Å². The van der Waals surface area contributed by atoms with E-state index in [2.05, 4.69) is 25.7 Å². The third-order valence-electron chi connectivity index (χ3n) is 1.34. The topological polar surface area (TPSA) is 23.5 Å². The summed E-state index contributed by atoms with van der Waals surface area (Å²) in [4.78, 5) is 2.38. The summed E-state index contributed by atoms with van der Waals surface area (Å²) in [6.45, 7) is 12.1. The van der Waals surface area contributed by atoms with Crippen LogP contribution in [0.15, 0.2) is 0 Å². The summed E-state index contributed by atoms with van der Waals surface area (Å²) < 4.78 is 0. The number of aliphatic hydroxyl groups excluding tert-OH is 1. The van der Waals surface area contributed by atoms with Crippen LogP contribution in [0.2, 0.25) is 0 Å². The van der Waals surface area contributed by atoms with E-state index in [1.54, 1.807) is 6.92 Å². The monoisotopic (exact) mass is 231 g/mol. The quantitative estimate of drug-likeness (QED) is 0.756. The molecule has 0 aliphatic carbocycles. The maximum absolute atomic E-state index is 7.57. The molecule has 13 heavy (non-hydrogen) atoms. The molecule has 0 rings (SSSR count). The molecule has 0 heterocycles. The Morgan fingerprint density at radius 3 is 1.08 bits per heavy atom. The van der Waals surface area contributed by atoms with Crippen LogP contribution in [-0.2, 0) is 0 Å². The standard InChI is InChI=1S/C6H15N.C2H6O.CH2Cl2/c1-4-7(5-2)6-3;1-2-3;2-1-3/h4-6H2,1-3H3;3H,2H2,1H3;1H2. The van der Waals surface area contributed by atoms with Gasteiger partial charge in [0.05, 0.1) is 5.34 Å². The Bertz CT molecular complexity index is 54.1. The average molecular weight is 232 g/mol. The normalized spacial score (nSPS) is 8.31. The maximum Gasteiger partial charge on any atom is 0.0967 e. The van der Waals surface area contributed by atoms with Crippen LogP contribution in [-0.4, -0.2) is 41.6 Å². The molecule has 0 saturated heterocycles. The van der Waals surface area contributed by atoms with E-state index in [0.717, 1.165) is 0 Å². The van der Waals surface area contributed by atoms with E-state index in [9.17, 15) is 0 Å². The largest absolute Gasteiger partial charge is 0.397 e. The van der Waals surface area contributed by atoms with Crippen LogP contribution in [0.3, 0.4) is 0 Å². The zero-order chi connectivity index (χ0) is 11.1. The third kappa shape index (κ3) is 32.6. The lowest BCUT2D eigenvalue weighted by Crippen LogP contribution is -2.21. The first-order chi connectivity index (χ1) is 6.17. The lowest BCUT2D eigenvalue weighted by Gasteiger charge is -2.13. The minimum absolute atomic E-state index is 0.194. The molecule has 4 heteroatoms. The molecule has 0 aliphatic heterocycles. The fraction of sp³-hybridized carbons (Fsp3) is 1.00. The van der Waals surface area contributed by atoms with Gasteiger partial charge in [0.15, 0.2) is 0 Å². The van der Waals surface area contributed by atoms with Crippen molar-refractivity contribution in [2.24, 2.45) is 0 Å². The molecule has 2 nitrogen and oxygen atoms in total. The molecule has 0 atom stereocenters. The van der Waals surface area contributed by atoms with Crippen LogP contribution in [0.25, 0.3) is 0 Å². The van der Waals surface area contributed by atoms with Crippen molar-refractivity contribution in [3.63, 3.8) is 0 Å². The van der Waals surface area contributed by atoms with Gasteiger partial charge in [-0.3, -0.25) is 0 Å². The number of halogens is 2. The van der Waals surface area contributed by atoms with E-state index in [1.165, 1.54) is 19.6 Å². The molecule has 0 aromatic carbocycles. The number of rotatable bonds is 3. The molecule has 0 unspecified atom stereocenters. The fourth-order valence-electron chi connectivity index (χ4n) is 0.671. The zero-order valence-corrected chi connectivity index (χ0v) is 10.7. The van der Waals surface area contributed by atoms with Gasteiger partial charge in [-0.15, -0.1) is 23.2 Å². The third-order valence-corrected chi connectivity index (χ3v) is 1.34. The Hall–Kier alpha value is 0.500. The van der Waals surface area contributed by atoms with Crippen LogP contribution < -0.4 is 0 Å². The van der Waals surface area contributed by atoms with Gasteiger partial charge in [0.2, 0.25) is 0 Å². The number of aliphatic hydroxyl groups is 1. The highest BCUT2D eigenvalue weighted by Gasteiger charge is 1.89. The van der Waals surface area contributed by atoms with E-state index in [1.807, 2.05) is 0 Å². The second-order valence-electron chi connectivity index (χ2n) is 2.04. The summed E-state index contributed by atoms with van der Waals surface area (Å²) in [6.07, 6.45) is 0. The van der Waals surface area contributed by atoms with Crippen molar-refractivity contribution in [2.45, 2.75) is 27.7 Å². The maximum atomic E-state index is 7.57. The Morgan fingerprint density at radius 2 is 1.08 bits per heavy atom. The predicted octanol–water partition coefficient (Wildman–Crippen LogP) is 2.77. The average Bonchev–Trinajstić information content (AvgIpc) is 2.10. The molecule has 0 radical (unpaired) electrons. The van der Waals surface area contributed by atoms with E-state index < -0.39 is 0 Å². The van der Waals surface area contributed by atoms with Gasteiger partial charge in [-0.2, -0.15) is 0 Å². The number of hydrogen-bond donors (Lipinski definition) is 1. The number of nitrogens with zero attached hydrogens (tertiary/aromatic N) is 1. The molecule has 0 bridgehead atoms. The Labute approximate surface area is 92.8 Å². The van der Waals surface area contributed by atoms with E-state index in [-0.39, 0.29) is 11.9 Å². The number of alkyl halides is 2. The first-order valence-electron chi connectivity index (χ1n) is 4.63. The zero-order valence-electron chi connectivity index (χ0n) is 9.19. The highest BCUT2D eigenvalue weighted by molar-refractivity contribution is 6.40. The van der Waals surface area contributed by atoms with E-state index >= 15 is 0 Å². The van der Waals surface area contributed by atoms with Crippen LogP contribution >= 0.6 is 23.2 Å². The molecule has 0 aromatic rings. The van der Waals surface area contributed by atoms with Crippen molar-refractivity contribution in [1.82, 2.24) is 4.90 Å². The van der Waals surface area contributed by atoms with Gasteiger partial charge in [-0.05, 0) is 26.6 Å². The molecule has 0 fully saturated rings. The van der Waals surface area contributed by atoms with Crippen molar-refractivity contribution in [2.75, 3.05) is 31.6 Å². The smallest absolute Gasteiger partial charge is 0.0967 e. The molecule has 84 valence electrons. The van der Waals surface area contributed by atoms with Gasteiger partial charge in [-0.25, -0.2) is 0 Å². The van der Waals surface area contributed by atoms with Crippen LogP contribution in [0.5, 0.6) is 0 Å². The lowest BCUT2D eigenvalue weighted by atomic mass is 10.5. The van der Waals surface area contributed by atoms with Crippen molar-refractivity contribution in [3.8, 4) is 0 Å². The molecular weight excluding hydrogens is 209 g/mol. The van der Waals surface area contributed by atoms with Gasteiger partial charge in [-0.1, -0.05) is 20.8 Å². The SMILES string of the molecule is CCN(CC)CC.CCO.ClCCl. The summed E-state index contributed by atoms with van der Waals surface area (Å²) in [5.41, 5.74) is 0. The first kappa shape index (κ1) is 19.1. The molecule has 0 spiro atoms. The molecular formula is C9H23Cl2NO. The van der Waals surface area contributed by atoms with Gasteiger partial charge < -0.3 is 10.0 Å². The van der Waals surface area contributed by atoms with E-state index in [0.29, 0.717) is 0 Å². The Morgan fingerprint density at radius 1 is 0.923 bits per heavy atom. The van der Waals surface area contributed by atoms with Crippen molar-refractivity contribution < 1.29 is 5.11 Å². The summed E-state index contributed by atoms with van der Waals surface area (Å²) in [7, 11) is 0. The molecule has 0 saturated carbocycles. The van der Waals surface area contributed by atoms with E-state index in [4.69, 9.17) is 28.3 Å². The summed E-state index contributed by atoms with van der Waals surface area (Å²) in [6, 6.07) is 0. The second kappa shape index (κ2) is 22.9. The van der Waals surface area contributed by atoms with Gasteiger partial charge >= 0.3 is 0 Å². The molecule has 0 aromatic heterocycles. The molecule has 1 N–H and O–H groups in total. The number of hydrogen-bond acceptors (Lipinski definition) is 2. The fourth-order valence-corrected chi connectivity index (χ4v) is 0.671. The van der Waals surface area contributed by atoms with Crippen molar-refractivity contribution in [3.05, 3.63) is 0 Å². The van der Waals surface area contributed by atoms with Crippen LogP contribution in [0, 0.1) is 0 Å². The van der Waals surface area contributed by atoms with Crippen molar-refractivity contribution in [1.29, 1.82) is 0 Å². The van der Waals surface area contributed by atoms with Crippen LogP contribution in [0.4, 0.5) is 0 Å². The second-order valence-corrected chi connectivity index (χ2v) is 2.84. The van der Waals surface area contributed by atoms with Crippen molar-refractivity contribution >= 4 is 23.2 Å². The van der Waals surface area contributed by atoms with Gasteiger partial charge in [0.25, 0.3) is 0 Å². The summed E-state index contributed by atoms with van der Waals surface area (Å²) in [5, 5.41) is 7.76. The first-order valence-corrected chi connectivity index (χ1v) is 5.70. The highest BCUT2D eigenvalue weighted by atomic mass is 35.5. The Kier molecular flexibility index (Phi) is 33.7. The predicted molar refractivity (Wildman–Crippen MR) is 62.8 cm³/mol. The Balaban J connectivity index is -0.000000140. The van der Waals surface area contributed by atoms with Gasteiger partial charge in [0.1, 0.15) is 0 Å². The minimum atomic E-state index is 0.194. The lowest BCUT2D eigenvalue weighted by molar-refractivity contribution is 0.318. The highest BCUT2D eigenvalue weighted by Crippen LogP contribution is 1.81. The molecule has 0 aliphatic rings. The van der Waals surface area contributed by atoms with Gasteiger partial charge in [0, 0.05) is 6.61 Å². The molecule has 0 amide bonds. The minimum Gasteiger partial charge on any atom is -0.397 e. The summed E-state index contributed by atoms with van der Waals surface area (Å²) >= 11 is 9.53.